The van der Waals surface area contributed by atoms with E-state index < -0.39 is 0 Å². The van der Waals surface area contributed by atoms with E-state index in [2.05, 4.69) is 25.1 Å². The Balaban J connectivity index is 1.20. The van der Waals surface area contributed by atoms with Crippen LogP contribution in [-0.4, -0.2) is 44.8 Å². The number of anilines is 1. The van der Waals surface area contributed by atoms with Crippen molar-refractivity contribution in [2.24, 2.45) is 17.6 Å². The monoisotopic (exact) mass is 515 g/mol. The van der Waals surface area contributed by atoms with Gasteiger partial charge in [-0.05, 0) is 41.3 Å². The van der Waals surface area contributed by atoms with Gasteiger partial charge in [0.05, 0.1) is 16.7 Å². The van der Waals surface area contributed by atoms with Gasteiger partial charge in [-0.2, -0.15) is 5.10 Å². The van der Waals surface area contributed by atoms with Gasteiger partial charge in [-0.25, -0.2) is 14.4 Å². The predicted molar refractivity (Wildman–Crippen MR) is 141 cm³/mol. The van der Waals surface area contributed by atoms with Crippen LogP contribution in [0, 0.1) is 17.7 Å². The molecule has 3 aromatic heterocycles. The third-order valence-corrected chi connectivity index (χ3v) is 8.61. The molecule has 3 atom stereocenters. The standard InChI is InChI=1S/C27H23ClFN7O/c28-22-15(7-5-14-6-8-21(37)33-23(14)22)24-25-26(35-34-24)32-20(11-31-25)36-10-9-16-18(12-36)27(16,13-30)17-3-1-2-4-19(17)29/h1-8,11,16,18H,9-10,12-13,30H2,(H,33,37)(H,32,34,35)/t16-,18+,27-/m1/s1. The molecule has 0 radical (unpaired) electrons. The number of hydrogen-bond donors (Lipinski definition) is 3. The first-order chi connectivity index (χ1) is 18.0. The zero-order valence-electron chi connectivity index (χ0n) is 19.7. The Morgan fingerprint density at radius 2 is 2.00 bits per heavy atom. The molecule has 4 N–H and O–H groups in total. The van der Waals surface area contributed by atoms with Gasteiger partial charge in [0.1, 0.15) is 22.8 Å². The van der Waals surface area contributed by atoms with E-state index >= 15 is 0 Å². The van der Waals surface area contributed by atoms with Crippen LogP contribution in [0.4, 0.5) is 10.2 Å². The molecule has 10 heteroatoms. The second kappa shape index (κ2) is 8.09. The first kappa shape index (κ1) is 22.4. The number of aromatic amines is 2. The van der Waals surface area contributed by atoms with Gasteiger partial charge >= 0.3 is 0 Å². The van der Waals surface area contributed by atoms with E-state index in [9.17, 15) is 9.18 Å². The SMILES string of the molecule is NC[C@]1(c2ccccc2F)[C@@H]2CCN(c3cnc4c(-c5ccc6ccc(=O)[nH]c6c5Cl)n[nH]c4n3)C[C@@H]21. The lowest BCUT2D eigenvalue weighted by Crippen LogP contribution is -2.32. The predicted octanol–water partition coefficient (Wildman–Crippen LogP) is 4.01. The quantitative estimate of drug-likeness (QED) is 0.333. The second-order valence-corrected chi connectivity index (χ2v) is 10.3. The Morgan fingerprint density at radius 1 is 1.16 bits per heavy atom. The van der Waals surface area contributed by atoms with Crippen LogP contribution in [0.1, 0.15) is 12.0 Å². The fourth-order valence-electron chi connectivity index (χ4n) is 6.34. The molecule has 186 valence electrons. The summed E-state index contributed by atoms with van der Waals surface area (Å²) in [4.78, 5) is 26.3. The molecular weight excluding hydrogens is 493 g/mol. The maximum atomic E-state index is 14.7. The summed E-state index contributed by atoms with van der Waals surface area (Å²) in [5.74, 6) is 1.18. The number of rotatable bonds is 4. The summed E-state index contributed by atoms with van der Waals surface area (Å²) in [6.07, 6.45) is 2.66. The summed E-state index contributed by atoms with van der Waals surface area (Å²) < 4.78 is 14.7. The average molecular weight is 516 g/mol. The first-order valence-corrected chi connectivity index (χ1v) is 12.6. The minimum absolute atomic E-state index is 0.184. The van der Waals surface area contributed by atoms with Crippen LogP contribution in [0.5, 0.6) is 0 Å². The van der Waals surface area contributed by atoms with Crippen LogP contribution in [0.2, 0.25) is 5.02 Å². The lowest BCUT2D eigenvalue weighted by Gasteiger charge is -2.26. The smallest absolute Gasteiger partial charge is 0.248 e. The van der Waals surface area contributed by atoms with Gasteiger partial charge in [0.25, 0.3) is 0 Å². The molecule has 37 heavy (non-hydrogen) atoms. The summed E-state index contributed by atoms with van der Waals surface area (Å²) in [6, 6.07) is 13.9. The van der Waals surface area contributed by atoms with Crippen molar-refractivity contribution in [2.75, 3.05) is 24.5 Å². The van der Waals surface area contributed by atoms with Crippen molar-refractivity contribution in [2.45, 2.75) is 11.8 Å². The fourth-order valence-corrected chi connectivity index (χ4v) is 6.65. The second-order valence-electron chi connectivity index (χ2n) is 9.88. The summed E-state index contributed by atoms with van der Waals surface area (Å²) in [5.41, 5.74) is 9.32. The maximum absolute atomic E-state index is 14.7. The van der Waals surface area contributed by atoms with Gasteiger partial charge in [-0.3, -0.25) is 9.89 Å². The Kier molecular flexibility index (Phi) is 4.90. The van der Waals surface area contributed by atoms with Crippen LogP contribution >= 0.6 is 11.6 Å². The molecule has 0 unspecified atom stereocenters. The number of fused-ring (bicyclic) bond motifs is 3. The van der Waals surface area contributed by atoms with Crippen molar-refractivity contribution in [3.05, 3.63) is 81.5 Å². The Bertz CT molecular complexity index is 1750. The summed E-state index contributed by atoms with van der Waals surface area (Å²) >= 11 is 6.66. The topological polar surface area (TPSA) is 117 Å². The van der Waals surface area contributed by atoms with E-state index in [1.165, 1.54) is 12.1 Å². The van der Waals surface area contributed by atoms with Crippen molar-refractivity contribution in [3.63, 3.8) is 0 Å². The van der Waals surface area contributed by atoms with Gasteiger partial charge < -0.3 is 15.6 Å². The fraction of sp³-hybridized carbons (Fsp3) is 0.259. The maximum Gasteiger partial charge on any atom is 0.248 e. The molecule has 7 rings (SSSR count). The van der Waals surface area contributed by atoms with Crippen molar-refractivity contribution in [1.29, 1.82) is 0 Å². The number of benzene rings is 2. The molecule has 2 aromatic carbocycles. The number of nitrogens with two attached hydrogens (primary N) is 1. The Morgan fingerprint density at radius 3 is 2.84 bits per heavy atom. The third kappa shape index (κ3) is 3.24. The minimum atomic E-state index is -0.327. The largest absolute Gasteiger partial charge is 0.355 e. The number of hydrogen-bond acceptors (Lipinski definition) is 6. The number of halogens is 2. The molecule has 0 amide bonds. The highest BCUT2D eigenvalue weighted by atomic mass is 35.5. The van der Waals surface area contributed by atoms with Crippen LogP contribution in [0.25, 0.3) is 33.3 Å². The van der Waals surface area contributed by atoms with Crippen molar-refractivity contribution >= 4 is 39.5 Å². The van der Waals surface area contributed by atoms with E-state index in [4.69, 9.17) is 22.3 Å². The summed E-state index contributed by atoms with van der Waals surface area (Å²) in [7, 11) is 0. The molecule has 1 aliphatic heterocycles. The third-order valence-electron chi connectivity index (χ3n) is 8.21. The number of aromatic nitrogens is 5. The number of nitrogens with one attached hydrogen (secondary N) is 2. The molecule has 0 bridgehead atoms. The zero-order chi connectivity index (χ0) is 25.3. The Labute approximate surface area is 215 Å². The number of H-pyrrole nitrogens is 2. The summed E-state index contributed by atoms with van der Waals surface area (Å²) in [5, 5.41) is 8.66. The highest BCUT2D eigenvalue weighted by Crippen LogP contribution is 2.63. The molecule has 8 nitrogen and oxygen atoms in total. The summed E-state index contributed by atoms with van der Waals surface area (Å²) in [6.45, 7) is 1.95. The van der Waals surface area contributed by atoms with Crippen LogP contribution in [0.15, 0.2) is 59.5 Å². The van der Waals surface area contributed by atoms with Gasteiger partial charge in [0, 0.05) is 36.7 Å². The van der Waals surface area contributed by atoms with E-state index in [0.717, 1.165) is 36.3 Å². The molecule has 1 saturated carbocycles. The lowest BCUT2D eigenvalue weighted by molar-refractivity contribution is 0.533. The van der Waals surface area contributed by atoms with Crippen LogP contribution < -0.4 is 16.2 Å². The zero-order valence-corrected chi connectivity index (χ0v) is 20.5. The molecule has 2 fully saturated rings. The number of piperidine rings is 1. The van der Waals surface area contributed by atoms with Crippen LogP contribution in [0.3, 0.4) is 0 Å². The molecule has 5 aromatic rings. The molecule has 4 heterocycles. The normalized spacial score (nSPS) is 22.9. The van der Waals surface area contributed by atoms with Crippen molar-refractivity contribution in [3.8, 4) is 11.3 Å². The lowest BCUT2D eigenvalue weighted by atomic mass is 9.91. The highest BCUT2D eigenvalue weighted by molar-refractivity contribution is 6.38. The van der Waals surface area contributed by atoms with E-state index in [1.54, 1.807) is 18.3 Å². The molecule has 1 saturated heterocycles. The minimum Gasteiger partial charge on any atom is -0.355 e. The first-order valence-electron chi connectivity index (χ1n) is 12.2. The van der Waals surface area contributed by atoms with Crippen molar-refractivity contribution < 1.29 is 4.39 Å². The van der Waals surface area contributed by atoms with Crippen LogP contribution in [-0.2, 0) is 5.41 Å². The van der Waals surface area contributed by atoms with Gasteiger partial charge in [-0.1, -0.05) is 41.9 Å². The van der Waals surface area contributed by atoms with E-state index in [0.29, 0.717) is 45.4 Å². The van der Waals surface area contributed by atoms with Gasteiger partial charge in [-0.15, -0.1) is 0 Å². The number of pyridine rings is 1. The van der Waals surface area contributed by atoms with E-state index in [-0.39, 0.29) is 22.7 Å². The Hall–Kier alpha value is -3.82. The van der Waals surface area contributed by atoms with Gasteiger partial charge in [0.15, 0.2) is 5.65 Å². The van der Waals surface area contributed by atoms with Gasteiger partial charge in [0.2, 0.25) is 5.56 Å². The molecular formula is C27H23ClFN7O. The van der Waals surface area contributed by atoms with E-state index in [1.807, 2.05) is 24.3 Å². The molecule has 2 aliphatic rings. The molecule has 0 spiro atoms. The highest BCUT2D eigenvalue weighted by Gasteiger charge is 2.66. The number of nitrogens with zero attached hydrogens (tertiary/aromatic N) is 4. The van der Waals surface area contributed by atoms with Crippen molar-refractivity contribution in [1.82, 2.24) is 25.1 Å². The average Bonchev–Trinajstić information content (AvgIpc) is 3.38. The molecule has 1 aliphatic carbocycles.